The smallest absolute Gasteiger partial charge is 0.241 e. The van der Waals surface area contributed by atoms with Gasteiger partial charge in [-0.25, -0.2) is 0 Å². The molecule has 1 unspecified atom stereocenters. The van der Waals surface area contributed by atoms with Gasteiger partial charge in [0.2, 0.25) is 23.5 Å². The summed E-state index contributed by atoms with van der Waals surface area (Å²) in [5.41, 5.74) is 2.99. The maximum absolute atomic E-state index is 12.9. The summed E-state index contributed by atoms with van der Waals surface area (Å²) in [6.07, 6.45) is 3.38. The number of halogens is 1. The monoisotopic (exact) mass is 507 g/mol. The summed E-state index contributed by atoms with van der Waals surface area (Å²) >= 11 is 5.96. The fourth-order valence-corrected chi connectivity index (χ4v) is 5.03. The third-order valence-corrected chi connectivity index (χ3v) is 7.06. The van der Waals surface area contributed by atoms with Crippen LogP contribution in [0.2, 0.25) is 5.02 Å². The van der Waals surface area contributed by atoms with Crippen molar-refractivity contribution in [2.75, 3.05) is 19.6 Å². The predicted octanol–water partition coefficient (Wildman–Crippen LogP) is 4.04. The number of likely N-dealkylation sites (tertiary alicyclic amines) is 2. The number of hydrogen-bond donors (Lipinski definition) is 1. The largest absolute Gasteiger partial charge is 0.352 e. The second-order valence-electron chi connectivity index (χ2n) is 9.55. The number of carbonyl (C=O) groups is 2. The normalized spacial score (nSPS) is 18.5. The van der Waals surface area contributed by atoms with Gasteiger partial charge in [-0.1, -0.05) is 41.0 Å². The van der Waals surface area contributed by atoms with Crippen LogP contribution in [0.1, 0.15) is 42.7 Å². The molecule has 3 aromatic rings. The average Bonchev–Trinajstić information content (AvgIpc) is 3.52. The van der Waals surface area contributed by atoms with Gasteiger partial charge in [0.05, 0.1) is 12.5 Å². The lowest BCUT2D eigenvalue weighted by atomic mass is 9.97. The highest BCUT2D eigenvalue weighted by atomic mass is 35.5. The van der Waals surface area contributed by atoms with E-state index in [1.54, 1.807) is 12.1 Å². The SMILES string of the molecule is O=C(NCc1cccc(CN2CCCC2=O)c1)C1CCCN(Cc2nc(-c3ccc(Cl)cc3)no2)C1. The number of hydrogen-bond acceptors (Lipinski definition) is 6. The van der Waals surface area contributed by atoms with Crippen LogP contribution < -0.4 is 5.32 Å². The van der Waals surface area contributed by atoms with Crippen molar-refractivity contribution in [3.8, 4) is 11.4 Å². The van der Waals surface area contributed by atoms with Gasteiger partial charge in [-0.2, -0.15) is 4.98 Å². The van der Waals surface area contributed by atoms with Gasteiger partial charge in [-0.15, -0.1) is 0 Å². The number of aromatic nitrogens is 2. The van der Waals surface area contributed by atoms with E-state index in [4.69, 9.17) is 16.1 Å². The summed E-state index contributed by atoms with van der Waals surface area (Å²) in [6.45, 7) is 3.99. The van der Waals surface area contributed by atoms with Crippen molar-refractivity contribution < 1.29 is 14.1 Å². The molecule has 1 atom stereocenters. The molecule has 0 bridgehead atoms. The molecule has 1 aromatic heterocycles. The molecule has 0 aliphatic carbocycles. The molecule has 0 spiro atoms. The van der Waals surface area contributed by atoms with Crippen LogP contribution in [0.15, 0.2) is 53.1 Å². The zero-order chi connectivity index (χ0) is 24.9. The quantitative estimate of drug-likeness (QED) is 0.494. The lowest BCUT2D eigenvalue weighted by molar-refractivity contribution is -0.128. The molecule has 0 radical (unpaired) electrons. The fourth-order valence-electron chi connectivity index (χ4n) is 4.90. The summed E-state index contributed by atoms with van der Waals surface area (Å²) in [6, 6.07) is 15.4. The molecule has 2 fully saturated rings. The molecule has 2 saturated heterocycles. The molecule has 2 amide bonds. The Morgan fingerprint density at radius 1 is 1.08 bits per heavy atom. The second kappa shape index (κ2) is 11.2. The predicted molar refractivity (Wildman–Crippen MR) is 136 cm³/mol. The van der Waals surface area contributed by atoms with E-state index in [2.05, 4.69) is 26.4 Å². The molecular weight excluding hydrogens is 478 g/mol. The van der Waals surface area contributed by atoms with E-state index in [1.165, 1.54) is 0 Å². The van der Waals surface area contributed by atoms with Gasteiger partial charge in [0.15, 0.2) is 0 Å². The highest BCUT2D eigenvalue weighted by molar-refractivity contribution is 6.30. The van der Waals surface area contributed by atoms with Crippen molar-refractivity contribution in [1.82, 2.24) is 25.3 Å². The first-order chi connectivity index (χ1) is 17.5. The summed E-state index contributed by atoms with van der Waals surface area (Å²) in [5.74, 6) is 1.27. The Kier molecular flexibility index (Phi) is 7.63. The summed E-state index contributed by atoms with van der Waals surface area (Å²) in [4.78, 5) is 33.5. The maximum atomic E-state index is 12.9. The molecule has 3 heterocycles. The average molecular weight is 508 g/mol. The molecule has 2 aliphatic heterocycles. The van der Waals surface area contributed by atoms with Gasteiger partial charge in [0, 0.05) is 43.2 Å². The van der Waals surface area contributed by atoms with Gasteiger partial charge in [-0.3, -0.25) is 14.5 Å². The molecule has 36 heavy (non-hydrogen) atoms. The van der Waals surface area contributed by atoms with Crippen LogP contribution in [0, 0.1) is 5.92 Å². The lowest BCUT2D eigenvalue weighted by Gasteiger charge is -2.30. The first kappa shape index (κ1) is 24.5. The zero-order valence-electron chi connectivity index (χ0n) is 20.2. The minimum Gasteiger partial charge on any atom is -0.352 e. The standard InChI is InChI=1S/C27H30ClN5O3/c28-23-10-8-21(9-11-23)26-30-24(36-31-26)18-32-12-2-6-22(17-32)27(35)29-15-19-4-1-5-20(14-19)16-33-13-3-7-25(33)34/h1,4-5,8-11,14,22H,2-3,6-7,12-13,15-18H2,(H,29,35). The van der Waals surface area contributed by atoms with E-state index >= 15 is 0 Å². The van der Waals surface area contributed by atoms with Crippen LogP contribution in [0.5, 0.6) is 0 Å². The number of amides is 2. The Morgan fingerprint density at radius 3 is 2.72 bits per heavy atom. The molecule has 2 aliphatic rings. The number of benzene rings is 2. The van der Waals surface area contributed by atoms with Crippen molar-refractivity contribution >= 4 is 23.4 Å². The van der Waals surface area contributed by atoms with Gasteiger partial charge in [0.25, 0.3) is 0 Å². The number of nitrogens with zero attached hydrogens (tertiary/aromatic N) is 4. The minimum absolute atomic E-state index is 0.0622. The second-order valence-corrected chi connectivity index (χ2v) is 9.99. The Labute approximate surface area is 215 Å². The van der Waals surface area contributed by atoms with Gasteiger partial charge < -0.3 is 14.7 Å². The Balaban J connectivity index is 1.12. The highest BCUT2D eigenvalue weighted by Crippen LogP contribution is 2.22. The number of nitrogens with one attached hydrogen (secondary N) is 1. The fraction of sp³-hybridized carbons (Fsp3) is 0.407. The third kappa shape index (κ3) is 6.12. The zero-order valence-corrected chi connectivity index (χ0v) is 20.9. The van der Waals surface area contributed by atoms with Crippen LogP contribution in [-0.2, 0) is 29.2 Å². The summed E-state index contributed by atoms with van der Waals surface area (Å²) in [5, 5.41) is 7.85. The first-order valence-corrected chi connectivity index (χ1v) is 12.9. The molecule has 0 saturated carbocycles. The summed E-state index contributed by atoms with van der Waals surface area (Å²) in [7, 11) is 0. The van der Waals surface area contributed by atoms with Gasteiger partial charge in [-0.05, 0) is 61.2 Å². The van der Waals surface area contributed by atoms with Crippen molar-refractivity contribution in [2.24, 2.45) is 5.92 Å². The molecule has 1 N–H and O–H groups in total. The van der Waals surface area contributed by atoms with E-state index in [0.29, 0.717) is 49.3 Å². The van der Waals surface area contributed by atoms with Crippen molar-refractivity contribution in [3.63, 3.8) is 0 Å². The van der Waals surface area contributed by atoms with Crippen LogP contribution in [0.4, 0.5) is 0 Å². The van der Waals surface area contributed by atoms with Crippen LogP contribution in [0.25, 0.3) is 11.4 Å². The van der Waals surface area contributed by atoms with E-state index in [9.17, 15) is 9.59 Å². The van der Waals surface area contributed by atoms with Crippen LogP contribution >= 0.6 is 11.6 Å². The first-order valence-electron chi connectivity index (χ1n) is 12.5. The third-order valence-electron chi connectivity index (χ3n) is 6.81. The Morgan fingerprint density at radius 2 is 1.92 bits per heavy atom. The number of piperidine rings is 1. The van der Waals surface area contributed by atoms with Crippen LogP contribution in [0.3, 0.4) is 0 Å². The van der Waals surface area contributed by atoms with E-state index in [1.807, 2.05) is 35.2 Å². The van der Waals surface area contributed by atoms with Crippen LogP contribution in [-0.4, -0.2) is 51.4 Å². The topological polar surface area (TPSA) is 91.6 Å². The molecule has 2 aromatic carbocycles. The van der Waals surface area contributed by atoms with E-state index in [0.717, 1.165) is 49.0 Å². The maximum Gasteiger partial charge on any atom is 0.241 e. The Hall–Kier alpha value is -3.23. The highest BCUT2D eigenvalue weighted by Gasteiger charge is 2.27. The molecule has 5 rings (SSSR count). The van der Waals surface area contributed by atoms with E-state index < -0.39 is 0 Å². The Bertz CT molecular complexity index is 1210. The molecule has 9 heteroatoms. The molecule has 188 valence electrons. The van der Waals surface area contributed by atoms with Crippen molar-refractivity contribution in [3.05, 3.63) is 70.6 Å². The van der Waals surface area contributed by atoms with Gasteiger partial charge >= 0.3 is 0 Å². The molecular formula is C27H30ClN5O3. The summed E-state index contributed by atoms with van der Waals surface area (Å²) < 4.78 is 5.46. The number of carbonyl (C=O) groups excluding carboxylic acids is 2. The molecule has 8 nitrogen and oxygen atoms in total. The number of rotatable bonds is 8. The lowest BCUT2D eigenvalue weighted by Crippen LogP contribution is -2.42. The van der Waals surface area contributed by atoms with Gasteiger partial charge in [0.1, 0.15) is 0 Å². The van der Waals surface area contributed by atoms with E-state index in [-0.39, 0.29) is 17.7 Å². The van der Waals surface area contributed by atoms with Crippen molar-refractivity contribution in [2.45, 2.75) is 45.3 Å². The van der Waals surface area contributed by atoms with Crippen molar-refractivity contribution in [1.29, 1.82) is 0 Å². The minimum atomic E-state index is -0.0807.